The number of carbonyl (C=O) groups excluding carboxylic acids is 2. The molecule has 138 valence electrons. The zero-order valence-electron chi connectivity index (χ0n) is 14.2. The Kier molecular flexibility index (Phi) is 6.05. The first-order chi connectivity index (χ1) is 11.9. The smallest absolute Gasteiger partial charge is 0.339 e. The molecule has 10 heteroatoms. The van der Waals surface area contributed by atoms with Crippen LogP contribution in [0.1, 0.15) is 11.2 Å². The monoisotopic (exact) mass is 374 g/mol. The highest BCUT2D eigenvalue weighted by Crippen LogP contribution is 2.63. The molecule has 0 saturated heterocycles. The van der Waals surface area contributed by atoms with Crippen LogP contribution in [0.15, 0.2) is 18.2 Å². The van der Waals surface area contributed by atoms with Gasteiger partial charge in [0.2, 0.25) is 6.79 Å². The molecule has 2 rings (SSSR count). The Morgan fingerprint density at radius 3 is 2.08 bits per heavy atom. The molecule has 1 aliphatic rings. The fourth-order valence-corrected chi connectivity index (χ4v) is 4.30. The summed E-state index contributed by atoms with van der Waals surface area (Å²) in [5.74, 6) is -2.54. The number of carbonyl (C=O) groups is 2. The molecule has 1 aromatic rings. The molecule has 25 heavy (non-hydrogen) atoms. The fourth-order valence-electron chi connectivity index (χ4n) is 2.56. The standard InChI is InChI=1S/C15H19O9P/c1-19-14(16)12(15(17)20-2)13(25(18,21-3)22-4)9-5-6-10-11(7-9)24-8-23-10/h5-7,12-13H,8H2,1-4H3/t13-/m1/s1. The van der Waals surface area contributed by atoms with Crippen molar-refractivity contribution in [2.75, 3.05) is 35.2 Å². The molecule has 1 aromatic carbocycles. The normalized spacial score (nSPS) is 14.3. The van der Waals surface area contributed by atoms with Crippen molar-refractivity contribution in [2.45, 2.75) is 5.66 Å². The number of fused-ring (bicyclic) bond motifs is 1. The van der Waals surface area contributed by atoms with Gasteiger partial charge in [-0.1, -0.05) is 6.07 Å². The summed E-state index contributed by atoms with van der Waals surface area (Å²) in [5, 5.41) is 0. The van der Waals surface area contributed by atoms with Crippen LogP contribution in [0, 0.1) is 5.92 Å². The topological polar surface area (TPSA) is 107 Å². The van der Waals surface area contributed by atoms with Crippen molar-refractivity contribution < 1.29 is 42.1 Å². The van der Waals surface area contributed by atoms with E-state index in [1.54, 1.807) is 12.1 Å². The maximum atomic E-state index is 13.1. The summed E-state index contributed by atoms with van der Waals surface area (Å²) >= 11 is 0. The second-order valence-corrected chi connectivity index (χ2v) is 7.35. The molecule has 0 unspecified atom stereocenters. The van der Waals surface area contributed by atoms with Gasteiger partial charge in [0.15, 0.2) is 17.4 Å². The lowest BCUT2D eigenvalue weighted by Crippen LogP contribution is -2.32. The quantitative estimate of drug-likeness (QED) is 0.402. The summed E-state index contributed by atoms with van der Waals surface area (Å²) in [6.45, 7) is 0.0348. The Balaban J connectivity index is 2.62. The Morgan fingerprint density at radius 1 is 1.00 bits per heavy atom. The number of ether oxygens (including phenoxy) is 4. The molecule has 0 spiro atoms. The van der Waals surface area contributed by atoms with Crippen LogP contribution >= 0.6 is 7.60 Å². The summed E-state index contributed by atoms with van der Waals surface area (Å²) in [6.07, 6.45) is 0. The van der Waals surface area contributed by atoms with E-state index in [1.165, 1.54) is 6.07 Å². The van der Waals surface area contributed by atoms with Gasteiger partial charge < -0.3 is 28.0 Å². The first-order valence-electron chi connectivity index (χ1n) is 7.18. The molecule has 0 aromatic heterocycles. The van der Waals surface area contributed by atoms with Gasteiger partial charge >= 0.3 is 19.5 Å². The van der Waals surface area contributed by atoms with Gasteiger partial charge in [-0.25, -0.2) is 0 Å². The number of hydrogen-bond donors (Lipinski definition) is 0. The van der Waals surface area contributed by atoms with Crippen LogP contribution < -0.4 is 9.47 Å². The van der Waals surface area contributed by atoms with E-state index in [-0.39, 0.29) is 6.79 Å². The largest absolute Gasteiger partial charge is 0.468 e. The van der Waals surface area contributed by atoms with E-state index in [9.17, 15) is 14.2 Å². The third kappa shape index (κ3) is 3.63. The zero-order valence-corrected chi connectivity index (χ0v) is 15.1. The Bertz CT molecular complexity index is 678. The highest BCUT2D eigenvalue weighted by Gasteiger charge is 2.50. The predicted octanol–water partition coefficient (Wildman–Crippen LogP) is 1.90. The average molecular weight is 374 g/mol. The van der Waals surface area contributed by atoms with E-state index in [0.717, 1.165) is 28.4 Å². The predicted molar refractivity (Wildman–Crippen MR) is 84.5 cm³/mol. The molecule has 0 bridgehead atoms. The number of rotatable bonds is 7. The van der Waals surface area contributed by atoms with Crippen molar-refractivity contribution in [3.8, 4) is 11.5 Å². The Labute approximate surface area is 144 Å². The van der Waals surface area contributed by atoms with Gasteiger partial charge in [-0.3, -0.25) is 14.2 Å². The minimum absolute atomic E-state index is 0.0348. The molecule has 1 aliphatic heterocycles. The summed E-state index contributed by atoms with van der Waals surface area (Å²) in [5.41, 5.74) is -0.978. The van der Waals surface area contributed by atoms with Crippen molar-refractivity contribution in [2.24, 2.45) is 5.92 Å². The first-order valence-corrected chi connectivity index (χ1v) is 8.79. The molecule has 1 atom stereocenters. The van der Waals surface area contributed by atoms with E-state index in [4.69, 9.17) is 18.5 Å². The molecule has 0 fully saturated rings. The average Bonchev–Trinajstić information content (AvgIpc) is 3.11. The lowest BCUT2D eigenvalue weighted by molar-refractivity contribution is -0.159. The number of esters is 2. The van der Waals surface area contributed by atoms with Crippen LogP contribution in [-0.2, 0) is 32.7 Å². The molecule has 0 aliphatic carbocycles. The SMILES string of the molecule is COC(=O)C(C(=O)OC)[C@@H](c1ccc2c(c1)OCO2)P(=O)(OC)OC. The van der Waals surface area contributed by atoms with Crippen LogP contribution in [0.2, 0.25) is 0 Å². The van der Waals surface area contributed by atoms with Crippen LogP contribution in [-0.4, -0.2) is 47.2 Å². The van der Waals surface area contributed by atoms with Crippen LogP contribution in [0.25, 0.3) is 0 Å². The van der Waals surface area contributed by atoms with E-state index in [2.05, 4.69) is 9.47 Å². The minimum Gasteiger partial charge on any atom is -0.468 e. The van der Waals surface area contributed by atoms with Crippen molar-refractivity contribution in [3.63, 3.8) is 0 Å². The third-order valence-electron chi connectivity index (χ3n) is 3.81. The van der Waals surface area contributed by atoms with Crippen molar-refractivity contribution in [1.29, 1.82) is 0 Å². The Morgan fingerprint density at radius 2 is 1.56 bits per heavy atom. The van der Waals surface area contributed by atoms with Crippen LogP contribution in [0.5, 0.6) is 11.5 Å². The van der Waals surface area contributed by atoms with Crippen molar-refractivity contribution in [1.82, 2.24) is 0 Å². The van der Waals surface area contributed by atoms with E-state index < -0.39 is 31.1 Å². The number of hydrogen-bond acceptors (Lipinski definition) is 9. The van der Waals surface area contributed by atoms with Crippen molar-refractivity contribution >= 4 is 19.5 Å². The Hall–Kier alpha value is -2.09. The van der Waals surface area contributed by atoms with Gasteiger partial charge in [-0.15, -0.1) is 0 Å². The van der Waals surface area contributed by atoms with Gasteiger partial charge in [0.1, 0.15) is 5.66 Å². The first kappa shape index (κ1) is 19.2. The lowest BCUT2D eigenvalue weighted by atomic mass is 9.98. The van der Waals surface area contributed by atoms with E-state index in [1.807, 2.05) is 0 Å². The number of benzene rings is 1. The second-order valence-electron chi connectivity index (χ2n) is 4.99. The maximum absolute atomic E-state index is 13.1. The molecule has 0 N–H and O–H groups in total. The molecule has 0 saturated carbocycles. The summed E-state index contributed by atoms with van der Waals surface area (Å²) in [6, 6.07) is 4.63. The zero-order chi connectivity index (χ0) is 18.6. The maximum Gasteiger partial charge on any atom is 0.339 e. The summed E-state index contributed by atoms with van der Waals surface area (Å²) < 4.78 is 43.1. The molecule has 1 heterocycles. The highest BCUT2D eigenvalue weighted by molar-refractivity contribution is 7.54. The van der Waals surface area contributed by atoms with Gasteiger partial charge in [-0.05, 0) is 17.7 Å². The van der Waals surface area contributed by atoms with E-state index >= 15 is 0 Å². The van der Waals surface area contributed by atoms with E-state index in [0.29, 0.717) is 17.1 Å². The van der Waals surface area contributed by atoms with Gasteiger partial charge in [0.25, 0.3) is 0 Å². The molecular formula is C15H19O9P. The summed E-state index contributed by atoms with van der Waals surface area (Å²) in [4.78, 5) is 24.5. The lowest BCUT2D eigenvalue weighted by Gasteiger charge is -2.28. The van der Waals surface area contributed by atoms with Gasteiger partial charge in [0, 0.05) is 14.2 Å². The fraction of sp³-hybridized carbons (Fsp3) is 0.467. The van der Waals surface area contributed by atoms with Crippen LogP contribution in [0.4, 0.5) is 0 Å². The molecule has 0 amide bonds. The second kappa shape index (κ2) is 7.86. The molecular weight excluding hydrogens is 355 g/mol. The molecule has 0 radical (unpaired) electrons. The third-order valence-corrected chi connectivity index (χ3v) is 6.11. The van der Waals surface area contributed by atoms with Gasteiger partial charge in [-0.2, -0.15) is 0 Å². The highest BCUT2D eigenvalue weighted by atomic mass is 31.2. The van der Waals surface area contributed by atoms with Gasteiger partial charge in [0.05, 0.1) is 14.2 Å². The van der Waals surface area contributed by atoms with Crippen LogP contribution in [0.3, 0.4) is 0 Å². The number of methoxy groups -OCH3 is 2. The summed E-state index contributed by atoms with van der Waals surface area (Å²) in [7, 11) is 0.620. The van der Waals surface area contributed by atoms with Crippen molar-refractivity contribution in [3.05, 3.63) is 23.8 Å². The molecule has 9 nitrogen and oxygen atoms in total. The minimum atomic E-state index is -3.93.